The van der Waals surface area contributed by atoms with Crippen LogP contribution in [0.5, 0.6) is 0 Å². The molecule has 2 aromatic carbocycles. The molecule has 3 N–H and O–H groups in total. The van der Waals surface area contributed by atoms with Gasteiger partial charge in [0.15, 0.2) is 0 Å². The predicted octanol–water partition coefficient (Wildman–Crippen LogP) is 3.09. The number of rotatable bonds is 3. The lowest BCUT2D eigenvalue weighted by molar-refractivity contribution is 0.0696. The van der Waals surface area contributed by atoms with Crippen molar-refractivity contribution in [1.82, 2.24) is 9.97 Å². The van der Waals surface area contributed by atoms with Gasteiger partial charge in [0, 0.05) is 16.7 Å². The van der Waals surface area contributed by atoms with Gasteiger partial charge in [0.2, 0.25) is 5.96 Å². The number of hydrogen-bond acceptors (Lipinski definition) is 4. The predicted molar refractivity (Wildman–Crippen MR) is 101 cm³/mol. The standard InChI is InChI=1S/C19H17N5O2/c1-11(13-7-3-4-9-15(13)17(25)26)21-18(20)24-19-22-12(2)14-8-5-6-10-16(14)23-19/h3-10H,1-2H3,(H,25,26)(H2,20,22,23,24). The number of benzene rings is 2. The summed E-state index contributed by atoms with van der Waals surface area (Å²) < 4.78 is 0. The number of nitrogens with two attached hydrogens (primary N) is 1. The molecule has 0 bridgehead atoms. The number of carboxylic acid groups (broad SMARTS) is 1. The van der Waals surface area contributed by atoms with E-state index in [-0.39, 0.29) is 17.5 Å². The largest absolute Gasteiger partial charge is 0.478 e. The highest BCUT2D eigenvalue weighted by atomic mass is 16.4. The molecule has 7 nitrogen and oxygen atoms in total. The molecule has 130 valence electrons. The van der Waals surface area contributed by atoms with E-state index in [1.54, 1.807) is 25.1 Å². The average molecular weight is 347 g/mol. The molecule has 0 saturated carbocycles. The molecule has 0 atom stereocenters. The number of carboxylic acids is 1. The van der Waals surface area contributed by atoms with Crippen molar-refractivity contribution in [2.24, 2.45) is 15.7 Å². The van der Waals surface area contributed by atoms with Gasteiger partial charge < -0.3 is 10.8 Å². The van der Waals surface area contributed by atoms with E-state index >= 15 is 0 Å². The molecule has 0 aliphatic heterocycles. The maximum Gasteiger partial charge on any atom is 0.336 e. The second-order valence-corrected chi connectivity index (χ2v) is 5.64. The third kappa shape index (κ3) is 3.56. The van der Waals surface area contributed by atoms with Gasteiger partial charge in [-0.1, -0.05) is 36.4 Å². The Kier molecular flexibility index (Phi) is 4.70. The van der Waals surface area contributed by atoms with E-state index in [1.165, 1.54) is 6.07 Å². The Morgan fingerprint density at radius 1 is 1.04 bits per heavy atom. The highest BCUT2D eigenvalue weighted by molar-refractivity contribution is 6.11. The molecule has 3 aromatic rings. The first kappa shape index (κ1) is 17.2. The fraction of sp³-hybridized carbons (Fsp3) is 0.105. The fourth-order valence-corrected chi connectivity index (χ4v) is 2.61. The normalized spacial score (nSPS) is 12.4. The van der Waals surface area contributed by atoms with Crippen molar-refractivity contribution in [3.05, 3.63) is 65.4 Å². The van der Waals surface area contributed by atoms with Crippen LogP contribution in [-0.4, -0.2) is 32.7 Å². The summed E-state index contributed by atoms with van der Waals surface area (Å²) in [7, 11) is 0. The van der Waals surface area contributed by atoms with Crippen LogP contribution < -0.4 is 5.73 Å². The molecule has 0 saturated heterocycles. The van der Waals surface area contributed by atoms with Gasteiger partial charge in [0.1, 0.15) is 0 Å². The van der Waals surface area contributed by atoms with Gasteiger partial charge in [-0.3, -0.25) is 0 Å². The molecule has 0 aliphatic carbocycles. The minimum absolute atomic E-state index is 0.0441. The number of guanidine groups is 1. The lowest BCUT2D eigenvalue weighted by Crippen LogP contribution is -2.13. The van der Waals surface area contributed by atoms with E-state index in [4.69, 9.17) is 5.73 Å². The molecular formula is C19H17N5O2. The number of aromatic carboxylic acids is 1. The van der Waals surface area contributed by atoms with Crippen LogP contribution in [0.15, 0.2) is 58.5 Å². The molecule has 0 radical (unpaired) electrons. The maximum atomic E-state index is 11.3. The van der Waals surface area contributed by atoms with Crippen LogP contribution in [0.25, 0.3) is 10.9 Å². The van der Waals surface area contributed by atoms with Crippen molar-refractivity contribution in [3.63, 3.8) is 0 Å². The van der Waals surface area contributed by atoms with Gasteiger partial charge in [0.05, 0.1) is 16.8 Å². The fourth-order valence-electron chi connectivity index (χ4n) is 2.61. The molecule has 0 amide bonds. The van der Waals surface area contributed by atoms with Crippen LogP contribution in [0.1, 0.15) is 28.5 Å². The summed E-state index contributed by atoms with van der Waals surface area (Å²) in [6.07, 6.45) is 0. The summed E-state index contributed by atoms with van der Waals surface area (Å²) in [5.41, 5.74) is 8.54. The lowest BCUT2D eigenvalue weighted by atomic mass is 10.0. The van der Waals surface area contributed by atoms with Gasteiger partial charge in [0.25, 0.3) is 5.95 Å². The first-order valence-corrected chi connectivity index (χ1v) is 7.91. The molecule has 0 aliphatic rings. The van der Waals surface area contributed by atoms with Gasteiger partial charge in [-0.25, -0.2) is 19.8 Å². The van der Waals surface area contributed by atoms with Crippen molar-refractivity contribution >= 4 is 34.5 Å². The molecule has 26 heavy (non-hydrogen) atoms. The zero-order chi connectivity index (χ0) is 18.7. The van der Waals surface area contributed by atoms with Crippen molar-refractivity contribution in [3.8, 4) is 0 Å². The van der Waals surface area contributed by atoms with Gasteiger partial charge in [-0.05, 0) is 26.0 Å². The van der Waals surface area contributed by atoms with E-state index in [0.717, 1.165) is 16.6 Å². The van der Waals surface area contributed by atoms with E-state index in [2.05, 4.69) is 20.0 Å². The number of nitrogens with zero attached hydrogens (tertiary/aromatic N) is 4. The van der Waals surface area contributed by atoms with E-state index < -0.39 is 5.97 Å². The number of fused-ring (bicyclic) bond motifs is 1. The number of aryl methyl sites for hydroxylation is 1. The van der Waals surface area contributed by atoms with Crippen LogP contribution in [0.2, 0.25) is 0 Å². The van der Waals surface area contributed by atoms with Gasteiger partial charge in [-0.2, -0.15) is 4.99 Å². The highest BCUT2D eigenvalue weighted by Crippen LogP contribution is 2.18. The Morgan fingerprint density at radius 3 is 2.42 bits per heavy atom. The molecule has 3 rings (SSSR count). The average Bonchev–Trinajstić information content (AvgIpc) is 2.61. The van der Waals surface area contributed by atoms with Crippen LogP contribution in [0.4, 0.5) is 5.95 Å². The van der Waals surface area contributed by atoms with E-state index in [0.29, 0.717) is 11.3 Å². The Labute approximate surface area is 150 Å². The molecule has 1 heterocycles. The van der Waals surface area contributed by atoms with Crippen molar-refractivity contribution < 1.29 is 9.90 Å². The first-order chi connectivity index (χ1) is 12.5. The zero-order valence-corrected chi connectivity index (χ0v) is 14.3. The molecule has 1 aromatic heterocycles. The number of hydrogen-bond donors (Lipinski definition) is 2. The number of para-hydroxylation sites is 1. The monoisotopic (exact) mass is 347 g/mol. The third-order valence-electron chi connectivity index (χ3n) is 3.83. The number of aliphatic imine (C=N–C) groups is 2. The van der Waals surface area contributed by atoms with Gasteiger partial charge in [-0.15, -0.1) is 0 Å². The van der Waals surface area contributed by atoms with Gasteiger partial charge >= 0.3 is 5.97 Å². The maximum absolute atomic E-state index is 11.3. The molecule has 0 unspecified atom stereocenters. The third-order valence-corrected chi connectivity index (χ3v) is 3.83. The summed E-state index contributed by atoms with van der Waals surface area (Å²) in [5.74, 6) is -0.863. The smallest absolute Gasteiger partial charge is 0.336 e. The van der Waals surface area contributed by atoms with Crippen LogP contribution in [0, 0.1) is 6.92 Å². The topological polar surface area (TPSA) is 114 Å². The van der Waals surface area contributed by atoms with Crippen LogP contribution in [0.3, 0.4) is 0 Å². The number of aromatic nitrogens is 2. The second-order valence-electron chi connectivity index (χ2n) is 5.64. The van der Waals surface area contributed by atoms with Crippen molar-refractivity contribution in [2.45, 2.75) is 13.8 Å². The van der Waals surface area contributed by atoms with Crippen molar-refractivity contribution in [2.75, 3.05) is 0 Å². The summed E-state index contributed by atoms with van der Waals surface area (Å²) in [6, 6.07) is 14.2. The molecule has 0 spiro atoms. The quantitative estimate of drug-likeness (QED) is 0.558. The van der Waals surface area contributed by atoms with E-state index in [9.17, 15) is 9.90 Å². The SMILES string of the molecule is CC(=NC(N)=Nc1nc(C)c2ccccc2n1)c1ccccc1C(=O)O. The molecule has 0 fully saturated rings. The Hall–Kier alpha value is -3.61. The number of carbonyl (C=O) groups is 1. The Morgan fingerprint density at radius 2 is 1.69 bits per heavy atom. The summed E-state index contributed by atoms with van der Waals surface area (Å²) in [6.45, 7) is 3.55. The summed E-state index contributed by atoms with van der Waals surface area (Å²) in [5, 5.41) is 10.2. The first-order valence-electron chi connectivity index (χ1n) is 7.91. The van der Waals surface area contributed by atoms with Crippen LogP contribution >= 0.6 is 0 Å². The van der Waals surface area contributed by atoms with E-state index in [1.807, 2.05) is 31.2 Å². The minimum atomic E-state index is -1.03. The highest BCUT2D eigenvalue weighted by Gasteiger charge is 2.11. The summed E-state index contributed by atoms with van der Waals surface area (Å²) in [4.78, 5) is 28.4. The molecule has 7 heteroatoms. The second kappa shape index (κ2) is 7.10. The van der Waals surface area contributed by atoms with Crippen LogP contribution in [-0.2, 0) is 0 Å². The lowest BCUT2D eigenvalue weighted by Gasteiger charge is -2.05. The van der Waals surface area contributed by atoms with Crippen molar-refractivity contribution in [1.29, 1.82) is 0 Å². The summed E-state index contributed by atoms with van der Waals surface area (Å²) >= 11 is 0. The minimum Gasteiger partial charge on any atom is -0.478 e. The zero-order valence-electron chi connectivity index (χ0n) is 14.3. The molecular weight excluding hydrogens is 330 g/mol. The Balaban J connectivity index is 1.98. The Bertz CT molecular complexity index is 1060.